The molecule has 19 heavy (non-hydrogen) atoms. The lowest BCUT2D eigenvalue weighted by atomic mass is 10.1. The van der Waals surface area contributed by atoms with Crippen molar-refractivity contribution in [1.29, 1.82) is 0 Å². The minimum atomic E-state index is -0.354. The van der Waals surface area contributed by atoms with Gasteiger partial charge in [-0.05, 0) is 42.5 Å². The molecule has 0 aliphatic heterocycles. The minimum Gasteiger partial charge on any atom is -0.495 e. The third-order valence-corrected chi connectivity index (χ3v) is 2.60. The number of methoxy groups -OCH3 is 1. The fraction of sp³-hybridized carbons (Fsp3) is 0.0714. The fourth-order valence-corrected chi connectivity index (χ4v) is 1.59. The van der Waals surface area contributed by atoms with E-state index in [0.29, 0.717) is 22.7 Å². The number of hydrogen-bond acceptors (Lipinski definition) is 3. The molecule has 4 nitrogen and oxygen atoms in total. The van der Waals surface area contributed by atoms with Crippen LogP contribution in [0.25, 0.3) is 0 Å². The third kappa shape index (κ3) is 3.01. The molecule has 5 heteroatoms. The molecular weight excluding hydrogens is 247 g/mol. The second-order valence-electron chi connectivity index (χ2n) is 3.92. The molecule has 0 fully saturated rings. The van der Waals surface area contributed by atoms with Gasteiger partial charge in [-0.1, -0.05) is 0 Å². The highest BCUT2D eigenvalue weighted by atomic mass is 19.1. The van der Waals surface area contributed by atoms with Crippen molar-refractivity contribution in [2.45, 2.75) is 0 Å². The number of carbonyl (C=O) groups is 1. The number of carbonyl (C=O) groups excluding carboxylic acids is 1. The number of nitrogen functional groups attached to an aromatic ring is 1. The lowest BCUT2D eigenvalue weighted by Gasteiger charge is -2.08. The maximum Gasteiger partial charge on any atom is 0.255 e. The third-order valence-electron chi connectivity index (χ3n) is 2.60. The zero-order valence-corrected chi connectivity index (χ0v) is 10.3. The summed E-state index contributed by atoms with van der Waals surface area (Å²) in [6.45, 7) is 0. The van der Waals surface area contributed by atoms with Crippen molar-refractivity contribution in [3.05, 3.63) is 53.8 Å². The van der Waals surface area contributed by atoms with E-state index >= 15 is 0 Å². The molecule has 98 valence electrons. The maximum atomic E-state index is 12.7. The number of halogens is 1. The Bertz CT molecular complexity index is 597. The molecule has 0 bridgehead atoms. The lowest BCUT2D eigenvalue weighted by molar-refractivity contribution is 0.102. The Balaban J connectivity index is 2.18. The molecule has 0 saturated carbocycles. The van der Waals surface area contributed by atoms with E-state index in [2.05, 4.69) is 5.32 Å². The van der Waals surface area contributed by atoms with Crippen LogP contribution >= 0.6 is 0 Å². The predicted molar refractivity (Wildman–Crippen MR) is 71.8 cm³/mol. The molecule has 0 aromatic heterocycles. The van der Waals surface area contributed by atoms with E-state index in [4.69, 9.17) is 10.5 Å². The summed E-state index contributed by atoms with van der Waals surface area (Å²) >= 11 is 0. The summed E-state index contributed by atoms with van der Waals surface area (Å²) in [7, 11) is 1.48. The van der Waals surface area contributed by atoms with Crippen LogP contribution in [0.3, 0.4) is 0 Å². The predicted octanol–water partition coefficient (Wildman–Crippen LogP) is 2.67. The van der Waals surface area contributed by atoms with Gasteiger partial charge >= 0.3 is 0 Å². The quantitative estimate of drug-likeness (QED) is 0.834. The van der Waals surface area contributed by atoms with Crippen LogP contribution in [0.1, 0.15) is 10.4 Å². The van der Waals surface area contributed by atoms with Crippen LogP contribution in [-0.2, 0) is 0 Å². The Morgan fingerprint density at radius 1 is 1.21 bits per heavy atom. The number of nitrogens with one attached hydrogen (secondary N) is 1. The van der Waals surface area contributed by atoms with E-state index in [9.17, 15) is 9.18 Å². The lowest BCUT2D eigenvalue weighted by Crippen LogP contribution is -2.12. The van der Waals surface area contributed by atoms with Crippen molar-refractivity contribution in [2.75, 3.05) is 18.2 Å². The molecule has 0 saturated heterocycles. The van der Waals surface area contributed by atoms with Gasteiger partial charge in [0.25, 0.3) is 5.91 Å². The molecule has 2 aromatic rings. The Kier molecular flexibility index (Phi) is 3.66. The normalized spacial score (nSPS) is 10.0. The zero-order valence-electron chi connectivity index (χ0n) is 10.3. The van der Waals surface area contributed by atoms with Gasteiger partial charge in [0.15, 0.2) is 0 Å². The van der Waals surface area contributed by atoms with E-state index in [1.165, 1.54) is 31.4 Å². The molecule has 0 atom stereocenters. The summed E-state index contributed by atoms with van der Waals surface area (Å²) in [5.74, 6) is -0.233. The van der Waals surface area contributed by atoms with E-state index in [-0.39, 0.29) is 11.7 Å². The highest BCUT2D eigenvalue weighted by Gasteiger charge is 2.09. The molecule has 0 radical (unpaired) electrons. The number of nitrogens with two attached hydrogens (primary N) is 1. The summed E-state index contributed by atoms with van der Waals surface area (Å²) in [6.07, 6.45) is 0. The SMILES string of the molecule is COc1cc(C(=O)Nc2ccc(F)cc2)ccc1N. The topological polar surface area (TPSA) is 64.3 Å². The molecule has 0 spiro atoms. The second-order valence-corrected chi connectivity index (χ2v) is 3.92. The maximum absolute atomic E-state index is 12.7. The summed E-state index contributed by atoms with van der Waals surface area (Å²) in [4.78, 5) is 12.0. The largest absolute Gasteiger partial charge is 0.495 e. The van der Waals surface area contributed by atoms with Gasteiger partial charge in [0.1, 0.15) is 11.6 Å². The molecule has 2 rings (SSSR count). The minimum absolute atomic E-state index is 0.315. The van der Waals surface area contributed by atoms with Crippen molar-refractivity contribution in [1.82, 2.24) is 0 Å². The first-order valence-corrected chi connectivity index (χ1v) is 5.60. The first-order valence-electron chi connectivity index (χ1n) is 5.60. The summed E-state index contributed by atoms with van der Waals surface area (Å²) in [5, 5.41) is 2.65. The van der Waals surface area contributed by atoms with Crippen molar-refractivity contribution in [3.8, 4) is 5.75 Å². The smallest absolute Gasteiger partial charge is 0.255 e. The molecule has 0 heterocycles. The standard InChI is InChI=1S/C14H13FN2O2/c1-19-13-8-9(2-7-12(13)16)14(18)17-11-5-3-10(15)4-6-11/h2-8H,16H2,1H3,(H,17,18). The Morgan fingerprint density at radius 2 is 1.89 bits per heavy atom. The Labute approximate surface area is 110 Å². The van der Waals surface area contributed by atoms with Crippen molar-refractivity contribution < 1.29 is 13.9 Å². The van der Waals surface area contributed by atoms with E-state index in [0.717, 1.165) is 0 Å². The van der Waals surface area contributed by atoms with Crippen LogP contribution in [0.4, 0.5) is 15.8 Å². The monoisotopic (exact) mass is 260 g/mol. The fourth-order valence-electron chi connectivity index (χ4n) is 1.59. The van der Waals surface area contributed by atoms with Gasteiger partial charge in [-0.25, -0.2) is 4.39 Å². The number of benzene rings is 2. The van der Waals surface area contributed by atoms with Crippen molar-refractivity contribution >= 4 is 17.3 Å². The summed E-state index contributed by atoms with van der Waals surface area (Å²) in [6, 6.07) is 10.3. The molecule has 2 aromatic carbocycles. The molecule has 0 aliphatic carbocycles. The zero-order chi connectivity index (χ0) is 13.8. The number of anilines is 2. The van der Waals surface area contributed by atoms with Gasteiger partial charge in [-0.15, -0.1) is 0 Å². The average Bonchev–Trinajstić information content (AvgIpc) is 2.42. The number of amides is 1. The summed E-state index contributed by atoms with van der Waals surface area (Å²) in [5.41, 5.74) is 7.06. The highest BCUT2D eigenvalue weighted by Crippen LogP contribution is 2.22. The van der Waals surface area contributed by atoms with E-state index in [1.54, 1.807) is 18.2 Å². The molecular formula is C14H13FN2O2. The summed E-state index contributed by atoms with van der Waals surface area (Å²) < 4.78 is 17.8. The first-order chi connectivity index (χ1) is 9.10. The van der Waals surface area contributed by atoms with Gasteiger partial charge in [-0.3, -0.25) is 4.79 Å². The van der Waals surface area contributed by atoms with E-state index < -0.39 is 0 Å². The van der Waals surface area contributed by atoms with Crippen LogP contribution in [0.2, 0.25) is 0 Å². The molecule has 0 unspecified atom stereocenters. The van der Waals surface area contributed by atoms with Crippen LogP contribution < -0.4 is 15.8 Å². The molecule has 3 N–H and O–H groups in total. The Morgan fingerprint density at radius 3 is 2.53 bits per heavy atom. The van der Waals surface area contributed by atoms with Crippen LogP contribution in [0, 0.1) is 5.82 Å². The van der Waals surface area contributed by atoms with Gasteiger partial charge in [-0.2, -0.15) is 0 Å². The van der Waals surface area contributed by atoms with Gasteiger partial charge in [0.2, 0.25) is 0 Å². The van der Waals surface area contributed by atoms with Crippen LogP contribution in [0.5, 0.6) is 5.75 Å². The highest BCUT2D eigenvalue weighted by molar-refractivity contribution is 6.04. The van der Waals surface area contributed by atoms with Crippen molar-refractivity contribution in [2.24, 2.45) is 0 Å². The van der Waals surface area contributed by atoms with Gasteiger partial charge in [0, 0.05) is 11.3 Å². The Hall–Kier alpha value is -2.56. The second kappa shape index (κ2) is 5.39. The number of ether oxygens (including phenoxy) is 1. The number of rotatable bonds is 3. The van der Waals surface area contributed by atoms with Gasteiger partial charge in [0.05, 0.1) is 12.8 Å². The van der Waals surface area contributed by atoms with Crippen LogP contribution in [0.15, 0.2) is 42.5 Å². The van der Waals surface area contributed by atoms with Crippen LogP contribution in [-0.4, -0.2) is 13.0 Å². The van der Waals surface area contributed by atoms with Gasteiger partial charge < -0.3 is 15.8 Å². The molecule has 0 aliphatic rings. The van der Waals surface area contributed by atoms with E-state index in [1.807, 2.05) is 0 Å². The number of hydrogen-bond donors (Lipinski definition) is 2. The molecule has 1 amide bonds. The first kappa shape index (κ1) is 12.9. The van der Waals surface area contributed by atoms with Crippen molar-refractivity contribution in [3.63, 3.8) is 0 Å². The average molecular weight is 260 g/mol.